The second kappa shape index (κ2) is 6.28. The van der Waals surface area contributed by atoms with Gasteiger partial charge in [0.2, 0.25) is 0 Å². The van der Waals surface area contributed by atoms with Crippen molar-refractivity contribution < 1.29 is 0 Å². The van der Waals surface area contributed by atoms with Crippen LogP contribution in [0.1, 0.15) is 12.6 Å². The quantitative estimate of drug-likeness (QED) is 0.690. The summed E-state index contributed by atoms with van der Waals surface area (Å²) < 4.78 is 0. The van der Waals surface area contributed by atoms with E-state index < -0.39 is 0 Å². The van der Waals surface area contributed by atoms with Gasteiger partial charge in [-0.1, -0.05) is 48.0 Å². The monoisotopic (exact) mass is 321 g/mol. The molecule has 0 saturated heterocycles. The van der Waals surface area contributed by atoms with Gasteiger partial charge in [-0.05, 0) is 19.1 Å². The first-order valence-corrected chi connectivity index (χ1v) is 7.84. The Kier molecular flexibility index (Phi) is 4.18. The van der Waals surface area contributed by atoms with Crippen molar-refractivity contribution in [2.75, 3.05) is 18.5 Å². The zero-order chi connectivity index (χ0) is 16.4. The minimum atomic E-state index is 0.395. The topological polar surface area (TPSA) is 39.9 Å². The van der Waals surface area contributed by atoms with Gasteiger partial charge in [-0.15, -0.1) is 0 Å². The highest BCUT2D eigenvalue weighted by Crippen LogP contribution is 2.40. The summed E-state index contributed by atoms with van der Waals surface area (Å²) in [5.74, 6) is 0. The van der Waals surface area contributed by atoms with Gasteiger partial charge in [-0.2, -0.15) is 5.26 Å². The fourth-order valence-corrected chi connectivity index (χ4v) is 2.98. The molecular weight excluding hydrogens is 306 g/mol. The number of halogens is 1. The molecule has 3 aromatic rings. The van der Waals surface area contributed by atoms with Crippen LogP contribution in [0.2, 0.25) is 5.02 Å². The molecule has 3 nitrogen and oxygen atoms in total. The molecule has 0 N–H and O–H groups in total. The summed E-state index contributed by atoms with van der Waals surface area (Å²) >= 11 is 6.40. The van der Waals surface area contributed by atoms with Crippen molar-refractivity contribution in [2.24, 2.45) is 0 Å². The maximum atomic E-state index is 9.63. The number of fused-ring (bicyclic) bond motifs is 1. The van der Waals surface area contributed by atoms with E-state index in [4.69, 9.17) is 11.6 Å². The minimum Gasteiger partial charge on any atom is -0.374 e. The van der Waals surface area contributed by atoms with E-state index in [1.54, 1.807) is 0 Å². The van der Waals surface area contributed by atoms with E-state index in [1.807, 2.05) is 55.6 Å². The fraction of sp³-hybridized carbons (Fsp3) is 0.158. The number of hydrogen-bond acceptors (Lipinski definition) is 3. The summed E-state index contributed by atoms with van der Waals surface area (Å²) in [6.45, 7) is 2.90. The zero-order valence-corrected chi connectivity index (χ0v) is 13.8. The van der Waals surface area contributed by atoms with Crippen LogP contribution in [0.5, 0.6) is 0 Å². The summed E-state index contributed by atoms with van der Waals surface area (Å²) in [6.07, 6.45) is 0. The third-order valence-electron chi connectivity index (χ3n) is 3.97. The molecule has 0 aliphatic rings. The standard InChI is InChI=1S/C19H16ClN3/c1-3-23(2)19-14-9-5-7-11-16(14)22-17(12-21)18(19)13-8-4-6-10-15(13)20/h4-11H,3H2,1-2H3. The maximum Gasteiger partial charge on any atom is 0.151 e. The smallest absolute Gasteiger partial charge is 0.151 e. The van der Waals surface area contributed by atoms with E-state index in [1.165, 1.54) is 0 Å². The Bertz CT molecular complexity index is 912. The molecule has 0 saturated carbocycles. The van der Waals surface area contributed by atoms with Gasteiger partial charge >= 0.3 is 0 Å². The molecule has 1 heterocycles. The molecule has 0 unspecified atom stereocenters. The molecule has 0 amide bonds. The first kappa shape index (κ1) is 15.3. The Labute approximate surface area is 140 Å². The average molecular weight is 322 g/mol. The maximum absolute atomic E-state index is 9.63. The molecule has 0 radical (unpaired) electrons. The van der Waals surface area contributed by atoms with E-state index in [0.29, 0.717) is 10.7 Å². The molecule has 23 heavy (non-hydrogen) atoms. The highest BCUT2D eigenvalue weighted by molar-refractivity contribution is 6.33. The van der Waals surface area contributed by atoms with Gasteiger partial charge in [0.1, 0.15) is 6.07 Å². The first-order chi connectivity index (χ1) is 11.2. The van der Waals surface area contributed by atoms with E-state index in [-0.39, 0.29) is 0 Å². The lowest BCUT2D eigenvalue weighted by atomic mass is 9.98. The molecule has 0 aliphatic heterocycles. The second-order valence-corrected chi connectivity index (χ2v) is 5.71. The number of nitrogens with zero attached hydrogens (tertiary/aromatic N) is 3. The number of pyridine rings is 1. The highest BCUT2D eigenvalue weighted by Gasteiger charge is 2.20. The number of benzene rings is 2. The molecule has 0 aliphatic carbocycles. The Hall–Kier alpha value is -2.57. The number of aromatic nitrogens is 1. The van der Waals surface area contributed by atoms with Crippen LogP contribution in [0.25, 0.3) is 22.0 Å². The van der Waals surface area contributed by atoms with E-state index >= 15 is 0 Å². The summed E-state index contributed by atoms with van der Waals surface area (Å²) in [4.78, 5) is 6.67. The first-order valence-electron chi connectivity index (χ1n) is 7.46. The summed E-state index contributed by atoms with van der Waals surface area (Å²) in [5, 5.41) is 11.3. The normalized spacial score (nSPS) is 10.5. The number of anilines is 1. The largest absolute Gasteiger partial charge is 0.374 e. The average Bonchev–Trinajstić information content (AvgIpc) is 2.60. The molecule has 1 aromatic heterocycles. The lowest BCUT2D eigenvalue weighted by Gasteiger charge is -2.24. The van der Waals surface area contributed by atoms with Gasteiger partial charge in [0.15, 0.2) is 5.69 Å². The van der Waals surface area contributed by atoms with Crippen molar-refractivity contribution in [2.45, 2.75) is 6.92 Å². The van der Waals surface area contributed by atoms with E-state index in [2.05, 4.69) is 22.9 Å². The lowest BCUT2D eigenvalue weighted by molar-refractivity contribution is 0.973. The number of para-hydroxylation sites is 1. The van der Waals surface area contributed by atoms with Crippen molar-refractivity contribution in [3.63, 3.8) is 0 Å². The number of nitriles is 1. The number of hydrogen-bond donors (Lipinski definition) is 0. The minimum absolute atomic E-state index is 0.395. The van der Waals surface area contributed by atoms with Crippen LogP contribution in [-0.4, -0.2) is 18.6 Å². The molecule has 2 aromatic carbocycles. The zero-order valence-electron chi connectivity index (χ0n) is 13.0. The summed E-state index contributed by atoms with van der Waals surface area (Å²) in [5.41, 5.74) is 3.82. The van der Waals surface area contributed by atoms with Crippen LogP contribution in [0.15, 0.2) is 48.5 Å². The van der Waals surface area contributed by atoms with Crippen molar-refractivity contribution in [3.8, 4) is 17.2 Å². The van der Waals surface area contributed by atoms with Gasteiger partial charge in [-0.25, -0.2) is 4.98 Å². The predicted octanol–water partition coefficient (Wildman–Crippen LogP) is 4.88. The SMILES string of the molecule is CCN(C)c1c(-c2ccccc2Cl)c(C#N)nc2ccccc12. The molecule has 0 fully saturated rings. The van der Waals surface area contributed by atoms with E-state index in [0.717, 1.165) is 34.3 Å². The van der Waals surface area contributed by atoms with Crippen molar-refractivity contribution in [1.29, 1.82) is 5.26 Å². The Morgan fingerprint density at radius 2 is 1.83 bits per heavy atom. The third-order valence-corrected chi connectivity index (χ3v) is 4.30. The van der Waals surface area contributed by atoms with Crippen molar-refractivity contribution in [1.82, 2.24) is 4.98 Å². The van der Waals surface area contributed by atoms with E-state index in [9.17, 15) is 5.26 Å². The van der Waals surface area contributed by atoms with Gasteiger partial charge in [0.25, 0.3) is 0 Å². The predicted molar refractivity (Wildman–Crippen MR) is 95.8 cm³/mol. The van der Waals surface area contributed by atoms with Gasteiger partial charge in [-0.3, -0.25) is 0 Å². The molecule has 3 rings (SSSR count). The van der Waals surface area contributed by atoms with Gasteiger partial charge in [0.05, 0.1) is 11.2 Å². The molecule has 4 heteroatoms. The van der Waals surface area contributed by atoms with Crippen LogP contribution < -0.4 is 4.90 Å². The Morgan fingerprint density at radius 3 is 2.52 bits per heavy atom. The van der Waals surface area contributed by atoms with Crippen LogP contribution in [0.4, 0.5) is 5.69 Å². The summed E-state index contributed by atoms with van der Waals surface area (Å²) in [7, 11) is 2.02. The van der Waals surface area contributed by atoms with Gasteiger partial charge in [0, 0.05) is 35.1 Å². The van der Waals surface area contributed by atoms with Crippen molar-refractivity contribution in [3.05, 3.63) is 59.2 Å². The van der Waals surface area contributed by atoms with Crippen molar-refractivity contribution >= 4 is 28.2 Å². The highest BCUT2D eigenvalue weighted by atomic mass is 35.5. The van der Waals surface area contributed by atoms with Crippen LogP contribution in [0, 0.1) is 11.3 Å². The molecule has 114 valence electrons. The fourth-order valence-electron chi connectivity index (χ4n) is 2.75. The molecular formula is C19H16ClN3. The second-order valence-electron chi connectivity index (χ2n) is 5.31. The molecule has 0 bridgehead atoms. The van der Waals surface area contributed by atoms with Gasteiger partial charge < -0.3 is 4.90 Å². The Balaban J connectivity index is 2.49. The lowest BCUT2D eigenvalue weighted by Crippen LogP contribution is -2.18. The summed E-state index contributed by atoms with van der Waals surface area (Å²) in [6, 6.07) is 17.7. The third kappa shape index (κ3) is 2.62. The van der Waals surface area contributed by atoms with Crippen LogP contribution in [0.3, 0.4) is 0 Å². The molecule has 0 spiro atoms. The molecule has 0 atom stereocenters. The van der Waals surface area contributed by atoms with Crippen LogP contribution in [-0.2, 0) is 0 Å². The van der Waals surface area contributed by atoms with Crippen LogP contribution >= 0.6 is 11.6 Å². The number of rotatable bonds is 3. The Morgan fingerprint density at radius 1 is 1.13 bits per heavy atom.